The minimum Gasteiger partial charge on any atom is -0.493 e. The van der Waals surface area contributed by atoms with Gasteiger partial charge in [-0.05, 0) is 36.2 Å². The molecule has 0 bridgehead atoms. The summed E-state index contributed by atoms with van der Waals surface area (Å²) in [6.07, 6.45) is 1.93. The Balaban J connectivity index is 1.55. The zero-order chi connectivity index (χ0) is 17.6. The van der Waals surface area contributed by atoms with Crippen LogP contribution in [-0.4, -0.2) is 43.6 Å². The Bertz CT molecular complexity index is 678. The van der Waals surface area contributed by atoms with Crippen LogP contribution in [0, 0.1) is 5.92 Å². The van der Waals surface area contributed by atoms with Crippen molar-refractivity contribution in [1.29, 1.82) is 0 Å². The fourth-order valence-corrected chi connectivity index (χ4v) is 2.87. The van der Waals surface area contributed by atoms with Gasteiger partial charge in [0.1, 0.15) is 18.8 Å². The average molecular weight is 340 g/mol. The first-order valence-electron chi connectivity index (χ1n) is 8.87. The highest BCUT2D eigenvalue weighted by Crippen LogP contribution is 2.16. The minimum atomic E-state index is 0.0899. The summed E-state index contributed by atoms with van der Waals surface area (Å²) in [6.45, 7) is 8.05. The lowest BCUT2D eigenvalue weighted by molar-refractivity contribution is -0.364. The van der Waals surface area contributed by atoms with Gasteiger partial charge in [0, 0.05) is 11.6 Å². The van der Waals surface area contributed by atoms with Crippen molar-refractivity contribution >= 4 is 11.7 Å². The summed E-state index contributed by atoms with van der Waals surface area (Å²) in [7, 11) is 0. The van der Waals surface area contributed by atoms with Crippen LogP contribution in [0.1, 0.15) is 24.2 Å². The van der Waals surface area contributed by atoms with E-state index >= 15 is 0 Å². The van der Waals surface area contributed by atoms with Gasteiger partial charge < -0.3 is 9.64 Å². The van der Waals surface area contributed by atoms with Gasteiger partial charge in [0.25, 0.3) is 11.7 Å². The molecular weight excluding hydrogens is 314 g/mol. The van der Waals surface area contributed by atoms with E-state index in [1.807, 2.05) is 47.5 Å². The molecule has 2 heterocycles. The van der Waals surface area contributed by atoms with E-state index in [1.165, 1.54) is 0 Å². The smallest absolute Gasteiger partial charge is 0.274 e. The third-order valence-corrected chi connectivity index (χ3v) is 4.28. The number of H-pyrrole nitrogens is 1. The number of aromatic amines is 1. The molecule has 3 rings (SSSR count). The van der Waals surface area contributed by atoms with Crippen molar-refractivity contribution in [3.05, 3.63) is 54.2 Å². The second kappa shape index (κ2) is 8.01. The van der Waals surface area contributed by atoms with Gasteiger partial charge in [0.05, 0.1) is 25.9 Å². The monoisotopic (exact) mass is 340 g/mol. The first-order valence-corrected chi connectivity index (χ1v) is 8.87. The fourth-order valence-electron chi connectivity index (χ4n) is 2.87. The maximum atomic E-state index is 12.7. The number of ether oxygens (including phenoxy) is 1. The molecule has 1 aromatic carbocycles. The number of rotatable bonds is 5. The minimum absolute atomic E-state index is 0.0899. The van der Waals surface area contributed by atoms with Crippen LogP contribution in [0.15, 0.2) is 48.7 Å². The highest BCUT2D eigenvalue weighted by Gasteiger charge is 2.26. The lowest BCUT2D eigenvalue weighted by atomic mass is 10.1. The quantitative estimate of drug-likeness (QED) is 0.840. The van der Waals surface area contributed by atoms with Gasteiger partial charge in [-0.3, -0.25) is 9.69 Å². The number of hydrogen-bond acceptors (Lipinski definition) is 3. The van der Waals surface area contributed by atoms with E-state index in [0.717, 1.165) is 43.3 Å². The molecule has 1 saturated heterocycles. The molecule has 1 N–H and O–H groups in total. The number of carbonyl (C=O) groups is 1. The standard InChI is InChI=1S/C20H25N3O2/c1-16(2)15-25-18-8-6-17(7-9-18)20(24)23-13-11-22(12-14-23)19-5-3-4-10-21-19/h3-10,16H,11-15H2,1-2H3/p+1. The number of benzene rings is 1. The van der Waals surface area contributed by atoms with Crippen LogP contribution in [0.5, 0.6) is 5.75 Å². The number of pyridine rings is 1. The second-order valence-corrected chi connectivity index (χ2v) is 6.76. The molecule has 0 unspecified atom stereocenters. The van der Waals surface area contributed by atoms with Crippen LogP contribution in [0.2, 0.25) is 0 Å². The molecule has 0 radical (unpaired) electrons. The van der Waals surface area contributed by atoms with Gasteiger partial charge in [0.2, 0.25) is 0 Å². The molecule has 0 spiro atoms. The fraction of sp³-hybridized carbons (Fsp3) is 0.400. The van der Waals surface area contributed by atoms with E-state index in [2.05, 4.69) is 29.8 Å². The molecule has 132 valence electrons. The predicted molar refractivity (Wildman–Crippen MR) is 97.9 cm³/mol. The number of nitrogens with one attached hydrogen (secondary N) is 1. The SMILES string of the molecule is CC(C)COc1ccc(C(=O)N2CCN(c3cccc[nH+]3)CC2)cc1. The number of piperazine rings is 1. The van der Waals surface area contributed by atoms with E-state index in [0.29, 0.717) is 12.5 Å². The highest BCUT2D eigenvalue weighted by molar-refractivity contribution is 5.94. The van der Waals surface area contributed by atoms with Gasteiger partial charge in [-0.1, -0.05) is 19.9 Å². The Morgan fingerprint density at radius 2 is 1.80 bits per heavy atom. The molecule has 0 atom stereocenters. The Kier molecular flexibility index (Phi) is 5.53. The molecular formula is C20H26N3O2+. The number of nitrogens with zero attached hydrogens (tertiary/aromatic N) is 2. The number of aromatic nitrogens is 1. The van der Waals surface area contributed by atoms with Gasteiger partial charge in [-0.25, -0.2) is 4.98 Å². The van der Waals surface area contributed by atoms with Crippen LogP contribution in [0.3, 0.4) is 0 Å². The van der Waals surface area contributed by atoms with Crippen molar-refractivity contribution in [1.82, 2.24) is 4.90 Å². The Morgan fingerprint density at radius 3 is 2.40 bits per heavy atom. The van der Waals surface area contributed by atoms with Gasteiger partial charge in [-0.15, -0.1) is 0 Å². The number of anilines is 1. The van der Waals surface area contributed by atoms with E-state index < -0.39 is 0 Å². The summed E-state index contributed by atoms with van der Waals surface area (Å²) in [6, 6.07) is 13.5. The maximum Gasteiger partial charge on any atom is 0.274 e. The first kappa shape index (κ1) is 17.3. The largest absolute Gasteiger partial charge is 0.493 e. The molecule has 0 aliphatic carbocycles. The zero-order valence-corrected chi connectivity index (χ0v) is 14.9. The Morgan fingerprint density at radius 1 is 1.08 bits per heavy atom. The van der Waals surface area contributed by atoms with Crippen LogP contribution in [-0.2, 0) is 0 Å². The number of amides is 1. The third-order valence-electron chi connectivity index (χ3n) is 4.28. The van der Waals surface area contributed by atoms with Crippen LogP contribution >= 0.6 is 0 Å². The van der Waals surface area contributed by atoms with Gasteiger partial charge >= 0.3 is 0 Å². The highest BCUT2D eigenvalue weighted by atomic mass is 16.5. The van der Waals surface area contributed by atoms with E-state index in [4.69, 9.17) is 4.74 Å². The van der Waals surface area contributed by atoms with Crippen molar-refractivity contribution in [2.75, 3.05) is 37.7 Å². The predicted octanol–water partition coefficient (Wildman–Crippen LogP) is 2.50. The van der Waals surface area contributed by atoms with Crippen molar-refractivity contribution in [3.8, 4) is 5.75 Å². The van der Waals surface area contributed by atoms with Crippen LogP contribution < -0.4 is 14.6 Å². The number of hydrogen-bond donors (Lipinski definition) is 0. The third kappa shape index (κ3) is 4.50. The molecule has 5 nitrogen and oxygen atoms in total. The van der Waals surface area contributed by atoms with Crippen molar-refractivity contribution in [2.24, 2.45) is 5.92 Å². The van der Waals surface area contributed by atoms with Crippen molar-refractivity contribution in [2.45, 2.75) is 13.8 Å². The van der Waals surface area contributed by atoms with Crippen molar-refractivity contribution in [3.63, 3.8) is 0 Å². The van der Waals surface area contributed by atoms with Gasteiger partial charge in [-0.2, -0.15) is 0 Å². The maximum absolute atomic E-state index is 12.7. The summed E-state index contributed by atoms with van der Waals surface area (Å²) >= 11 is 0. The molecule has 2 aromatic rings. The molecule has 1 aromatic heterocycles. The molecule has 25 heavy (non-hydrogen) atoms. The van der Waals surface area contributed by atoms with E-state index in [-0.39, 0.29) is 5.91 Å². The molecule has 1 aliphatic rings. The van der Waals surface area contributed by atoms with Gasteiger partial charge in [0.15, 0.2) is 0 Å². The Hall–Kier alpha value is -2.56. The van der Waals surface area contributed by atoms with E-state index in [1.54, 1.807) is 0 Å². The molecule has 0 saturated carbocycles. The summed E-state index contributed by atoms with van der Waals surface area (Å²) in [5, 5.41) is 0. The second-order valence-electron chi connectivity index (χ2n) is 6.76. The zero-order valence-electron chi connectivity index (χ0n) is 14.9. The van der Waals surface area contributed by atoms with Crippen molar-refractivity contribution < 1.29 is 14.5 Å². The number of carbonyl (C=O) groups excluding carboxylic acids is 1. The summed E-state index contributed by atoms with van der Waals surface area (Å²) in [4.78, 5) is 20.1. The van der Waals surface area contributed by atoms with E-state index in [9.17, 15) is 4.79 Å². The van der Waals surface area contributed by atoms with Crippen LogP contribution in [0.25, 0.3) is 0 Å². The summed E-state index contributed by atoms with van der Waals surface area (Å²) in [5.41, 5.74) is 0.719. The lowest BCUT2D eigenvalue weighted by Crippen LogP contribution is -2.50. The topological polar surface area (TPSA) is 46.9 Å². The summed E-state index contributed by atoms with van der Waals surface area (Å²) < 4.78 is 5.68. The normalized spacial score (nSPS) is 14.7. The molecule has 1 amide bonds. The van der Waals surface area contributed by atoms with Crippen LogP contribution in [0.4, 0.5) is 5.82 Å². The molecule has 1 fully saturated rings. The Labute approximate surface area is 149 Å². The average Bonchev–Trinajstić information content (AvgIpc) is 2.67. The molecule has 5 heteroatoms. The molecule has 1 aliphatic heterocycles. The first-order chi connectivity index (χ1) is 12.1. The summed E-state index contributed by atoms with van der Waals surface area (Å²) in [5.74, 6) is 2.49. The lowest BCUT2D eigenvalue weighted by Gasteiger charge is -2.31.